The van der Waals surface area contributed by atoms with Gasteiger partial charge in [-0.1, -0.05) is 6.92 Å². The molecule has 0 aromatic carbocycles. The third-order valence-electron chi connectivity index (χ3n) is 3.23. The van der Waals surface area contributed by atoms with Crippen molar-refractivity contribution >= 4 is 5.97 Å². The van der Waals surface area contributed by atoms with Crippen molar-refractivity contribution in [2.75, 3.05) is 40.0 Å². The molecule has 1 unspecified atom stereocenters. The standard InChI is InChI=1S/C15H32N2O3/c1-6-9-16-14(15(18)20-7-2)8-10-17(13(3)4)11-12-19-5/h13-14,16H,6-12H2,1-5H3. The molecule has 0 aromatic rings. The topological polar surface area (TPSA) is 50.8 Å². The molecular formula is C15H32N2O3. The Morgan fingerprint density at radius 1 is 1.25 bits per heavy atom. The maximum atomic E-state index is 11.9. The average molecular weight is 288 g/mol. The molecule has 120 valence electrons. The quantitative estimate of drug-likeness (QED) is 0.554. The number of nitrogens with one attached hydrogen (secondary N) is 1. The van der Waals surface area contributed by atoms with Crippen LogP contribution in [0.1, 0.15) is 40.5 Å². The summed E-state index contributed by atoms with van der Waals surface area (Å²) in [5, 5.41) is 3.27. The molecule has 0 fully saturated rings. The van der Waals surface area contributed by atoms with Crippen LogP contribution in [0.5, 0.6) is 0 Å². The van der Waals surface area contributed by atoms with E-state index < -0.39 is 0 Å². The first-order valence-corrected chi connectivity index (χ1v) is 7.69. The van der Waals surface area contributed by atoms with Crippen LogP contribution < -0.4 is 5.32 Å². The molecule has 0 aliphatic carbocycles. The van der Waals surface area contributed by atoms with Crippen LogP contribution in [0.25, 0.3) is 0 Å². The first-order chi connectivity index (χ1) is 9.56. The van der Waals surface area contributed by atoms with Gasteiger partial charge in [-0.25, -0.2) is 0 Å². The zero-order chi connectivity index (χ0) is 15.4. The van der Waals surface area contributed by atoms with E-state index in [1.165, 1.54) is 0 Å². The third kappa shape index (κ3) is 8.51. The Labute approximate surface area is 124 Å². The van der Waals surface area contributed by atoms with Gasteiger partial charge in [0, 0.05) is 26.2 Å². The first-order valence-electron chi connectivity index (χ1n) is 7.69. The van der Waals surface area contributed by atoms with E-state index in [-0.39, 0.29) is 12.0 Å². The second-order valence-corrected chi connectivity index (χ2v) is 5.17. The van der Waals surface area contributed by atoms with Crippen molar-refractivity contribution in [2.24, 2.45) is 0 Å². The highest BCUT2D eigenvalue weighted by Gasteiger charge is 2.20. The average Bonchev–Trinajstić information content (AvgIpc) is 2.41. The molecular weight excluding hydrogens is 256 g/mol. The molecule has 5 heteroatoms. The molecule has 0 saturated heterocycles. The summed E-state index contributed by atoms with van der Waals surface area (Å²) in [6.07, 6.45) is 1.77. The summed E-state index contributed by atoms with van der Waals surface area (Å²) in [7, 11) is 1.71. The zero-order valence-electron chi connectivity index (χ0n) is 13.8. The normalized spacial score (nSPS) is 12.9. The number of hydrogen-bond donors (Lipinski definition) is 1. The molecule has 0 rings (SSSR count). The van der Waals surface area contributed by atoms with Crippen molar-refractivity contribution in [2.45, 2.75) is 52.6 Å². The van der Waals surface area contributed by atoms with E-state index >= 15 is 0 Å². The summed E-state index contributed by atoms with van der Waals surface area (Å²) in [6, 6.07) is 0.234. The van der Waals surface area contributed by atoms with E-state index in [9.17, 15) is 4.79 Å². The second kappa shape index (κ2) is 12.1. The third-order valence-corrected chi connectivity index (χ3v) is 3.23. The number of esters is 1. The van der Waals surface area contributed by atoms with Crippen molar-refractivity contribution in [3.8, 4) is 0 Å². The van der Waals surface area contributed by atoms with Crippen LogP contribution in [0.15, 0.2) is 0 Å². The Hall–Kier alpha value is -0.650. The summed E-state index contributed by atoms with van der Waals surface area (Å²) in [6.45, 7) is 12.0. The highest BCUT2D eigenvalue weighted by molar-refractivity contribution is 5.75. The fourth-order valence-electron chi connectivity index (χ4n) is 2.00. The highest BCUT2D eigenvalue weighted by atomic mass is 16.5. The lowest BCUT2D eigenvalue weighted by Gasteiger charge is -2.28. The molecule has 0 spiro atoms. The van der Waals surface area contributed by atoms with E-state index in [1.807, 2.05) is 6.92 Å². The molecule has 0 saturated carbocycles. The van der Waals surface area contributed by atoms with Gasteiger partial charge < -0.3 is 14.8 Å². The molecule has 0 radical (unpaired) electrons. The Bertz CT molecular complexity index is 247. The Kier molecular flexibility index (Phi) is 11.7. The maximum Gasteiger partial charge on any atom is 0.323 e. The van der Waals surface area contributed by atoms with Gasteiger partial charge >= 0.3 is 5.97 Å². The minimum atomic E-state index is -0.210. The minimum absolute atomic E-state index is 0.142. The summed E-state index contributed by atoms with van der Waals surface area (Å²) in [4.78, 5) is 14.2. The van der Waals surface area contributed by atoms with E-state index in [4.69, 9.17) is 9.47 Å². The predicted molar refractivity (Wildman–Crippen MR) is 81.9 cm³/mol. The fraction of sp³-hybridized carbons (Fsp3) is 0.933. The Morgan fingerprint density at radius 2 is 1.95 bits per heavy atom. The van der Waals surface area contributed by atoms with Gasteiger partial charge in [0.25, 0.3) is 0 Å². The smallest absolute Gasteiger partial charge is 0.323 e. The number of carbonyl (C=O) groups excluding carboxylic acids is 1. The van der Waals surface area contributed by atoms with E-state index in [1.54, 1.807) is 7.11 Å². The lowest BCUT2D eigenvalue weighted by Crippen LogP contribution is -2.43. The Morgan fingerprint density at radius 3 is 2.45 bits per heavy atom. The molecule has 5 nitrogen and oxygen atoms in total. The molecule has 0 heterocycles. The molecule has 1 atom stereocenters. The van der Waals surface area contributed by atoms with E-state index in [2.05, 4.69) is 31.0 Å². The zero-order valence-corrected chi connectivity index (χ0v) is 13.8. The van der Waals surface area contributed by atoms with Gasteiger partial charge in [-0.15, -0.1) is 0 Å². The second-order valence-electron chi connectivity index (χ2n) is 5.17. The van der Waals surface area contributed by atoms with Crippen molar-refractivity contribution in [3.05, 3.63) is 0 Å². The van der Waals surface area contributed by atoms with Crippen LogP contribution >= 0.6 is 0 Å². The molecule has 0 amide bonds. The van der Waals surface area contributed by atoms with Crippen LogP contribution in [0.3, 0.4) is 0 Å². The van der Waals surface area contributed by atoms with E-state index in [0.29, 0.717) is 19.3 Å². The van der Waals surface area contributed by atoms with Gasteiger partial charge in [-0.2, -0.15) is 0 Å². The summed E-state index contributed by atoms with van der Waals surface area (Å²) in [5.41, 5.74) is 0. The summed E-state index contributed by atoms with van der Waals surface area (Å²) in [5.74, 6) is -0.142. The highest BCUT2D eigenvalue weighted by Crippen LogP contribution is 2.04. The summed E-state index contributed by atoms with van der Waals surface area (Å²) >= 11 is 0. The monoisotopic (exact) mass is 288 g/mol. The van der Waals surface area contributed by atoms with E-state index in [0.717, 1.165) is 32.5 Å². The van der Waals surface area contributed by atoms with Crippen LogP contribution in [-0.4, -0.2) is 62.9 Å². The predicted octanol–water partition coefficient (Wildman–Crippen LogP) is 1.66. The molecule has 0 aromatic heterocycles. The van der Waals surface area contributed by atoms with Gasteiger partial charge in [0.05, 0.1) is 13.2 Å². The number of hydrogen-bond acceptors (Lipinski definition) is 5. The van der Waals surface area contributed by atoms with Crippen LogP contribution in [0, 0.1) is 0 Å². The lowest BCUT2D eigenvalue weighted by atomic mass is 10.1. The minimum Gasteiger partial charge on any atom is -0.465 e. The van der Waals surface area contributed by atoms with Gasteiger partial charge in [0.1, 0.15) is 6.04 Å². The lowest BCUT2D eigenvalue weighted by molar-refractivity contribution is -0.146. The van der Waals surface area contributed by atoms with Crippen LogP contribution in [0.2, 0.25) is 0 Å². The van der Waals surface area contributed by atoms with Crippen molar-refractivity contribution < 1.29 is 14.3 Å². The first kappa shape index (κ1) is 19.4. The van der Waals surface area contributed by atoms with Gasteiger partial charge in [0.15, 0.2) is 0 Å². The number of ether oxygens (including phenoxy) is 2. The largest absolute Gasteiger partial charge is 0.465 e. The molecule has 0 bridgehead atoms. The van der Waals surface area contributed by atoms with Crippen molar-refractivity contribution in [1.82, 2.24) is 10.2 Å². The number of methoxy groups -OCH3 is 1. The van der Waals surface area contributed by atoms with Crippen LogP contribution in [-0.2, 0) is 14.3 Å². The fourth-order valence-corrected chi connectivity index (χ4v) is 2.00. The maximum absolute atomic E-state index is 11.9. The molecule has 0 aliphatic rings. The van der Waals surface area contributed by atoms with Gasteiger partial charge in [0.2, 0.25) is 0 Å². The number of nitrogens with zero attached hydrogens (tertiary/aromatic N) is 1. The number of carbonyl (C=O) groups is 1. The molecule has 20 heavy (non-hydrogen) atoms. The SMILES string of the molecule is CCCNC(CCN(CCOC)C(C)C)C(=O)OCC. The van der Waals surface area contributed by atoms with Crippen molar-refractivity contribution in [1.29, 1.82) is 0 Å². The molecule has 0 aliphatic heterocycles. The Balaban J connectivity index is 4.34. The van der Waals surface area contributed by atoms with Gasteiger partial charge in [-0.3, -0.25) is 9.69 Å². The number of rotatable bonds is 12. The van der Waals surface area contributed by atoms with Crippen molar-refractivity contribution in [3.63, 3.8) is 0 Å². The molecule has 1 N–H and O–H groups in total. The van der Waals surface area contributed by atoms with Gasteiger partial charge in [-0.05, 0) is 40.2 Å². The van der Waals surface area contributed by atoms with Crippen LogP contribution in [0.4, 0.5) is 0 Å². The summed E-state index contributed by atoms with van der Waals surface area (Å²) < 4.78 is 10.3.